The fourth-order valence-electron chi connectivity index (χ4n) is 3.69. The number of pyridine rings is 2. The minimum atomic E-state index is -0.320. The van der Waals surface area contributed by atoms with Crippen molar-refractivity contribution in [3.05, 3.63) is 75.3 Å². The number of rotatable bonds is 4. The molecule has 4 rings (SSSR count). The number of nitrogens with one attached hydrogen (secondary N) is 1. The molecule has 0 spiro atoms. The summed E-state index contributed by atoms with van der Waals surface area (Å²) in [6, 6.07) is 9.53. The number of para-hydroxylation sites is 1. The molecule has 5 nitrogen and oxygen atoms in total. The Hall–Kier alpha value is -2.95. The summed E-state index contributed by atoms with van der Waals surface area (Å²) in [5.41, 5.74) is 4.20. The molecule has 1 aromatic carbocycles. The quantitative estimate of drug-likeness (QED) is 0.789. The van der Waals surface area contributed by atoms with Gasteiger partial charge in [-0.3, -0.25) is 14.6 Å². The molecule has 1 aliphatic heterocycles. The van der Waals surface area contributed by atoms with Crippen molar-refractivity contribution in [3.8, 4) is 0 Å². The first kappa shape index (κ1) is 16.5. The third-order valence-corrected chi connectivity index (χ3v) is 5.04. The van der Waals surface area contributed by atoms with E-state index in [9.17, 15) is 9.59 Å². The topological polar surface area (TPSA) is 64.0 Å². The van der Waals surface area contributed by atoms with Crippen molar-refractivity contribution in [1.82, 2.24) is 14.9 Å². The number of hydrogen-bond donors (Lipinski definition) is 1. The van der Waals surface area contributed by atoms with Gasteiger partial charge in [-0.25, -0.2) is 0 Å². The first-order valence-electron chi connectivity index (χ1n) is 8.91. The Bertz CT molecular complexity index is 1070. The van der Waals surface area contributed by atoms with Crippen LogP contribution in [0.5, 0.6) is 0 Å². The Morgan fingerprint density at radius 3 is 2.96 bits per heavy atom. The molecule has 1 aliphatic rings. The second-order valence-corrected chi connectivity index (χ2v) is 6.97. The molecule has 26 heavy (non-hydrogen) atoms. The maximum absolute atomic E-state index is 12.8. The van der Waals surface area contributed by atoms with Crippen LogP contribution in [-0.2, 0) is 19.4 Å². The first-order valence-corrected chi connectivity index (χ1v) is 8.91. The minimum Gasteiger partial charge on any atom is -0.349 e. The van der Waals surface area contributed by atoms with Crippen LogP contribution in [-0.4, -0.2) is 21.5 Å². The largest absolute Gasteiger partial charge is 0.349 e. The van der Waals surface area contributed by atoms with E-state index in [-0.39, 0.29) is 22.9 Å². The van der Waals surface area contributed by atoms with Crippen molar-refractivity contribution >= 4 is 16.8 Å². The number of hydrogen-bond acceptors (Lipinski definition) is 3. The van der Waals surface area contributed by atoms with E-state index in [1.807, 2.05) is 42.7 Å². The minimum absolute atomic E-state index is 0.115. The van der Waals surface area contributed by atoms with Gasteiger partial charge in [-0.2, -0.15) is 0 Å². The molecule has 132 valence electrons. The molecule has 0 bridgehead atoms. The highest BCUT2D eigenvalue weighted by molar-refractivity contribution is 5.98. The van der Waals surface area contributed by atoms with Crippen LogP contribution in [0.25, 0.3) is 10.9 Å². The molecule has 3 aromatic rings. The SMILES string of the molecule is Cc1cccnc1CC(C)NC(=O)c1cn2c3c(cccc3c1=O)CC2. The van der Waals surface area contributed by atoms with Crippen LogP contribution in [0.15, 0.2) is 47.5 Å². The van der Waals surface area contributed by atoms with Crippen LogP contribution < -0.4 is 10.7 Å². The van der Waals surface area contributed by atoms with Gasteiger partial charge in [-0.15, -0.1) is 0 Å². The molecule has 0 fully saturated rings. The number of benzene rings is 1. The van der Waals surface area contributed by atoms with Crippen LogP contribution in [0, 0.1) is 6.92 Å². The number of aryl methyl sites for hydroxylation is 3. The Labute approximate surface area is 151 Å². The zero-order valence-electron chi connectivity index (χ0n) is 15.0. The molecule has 1 atom stereocenters. The van der Waals surface area contributed by atoms with Gasteiger partial charge in [-0.1, -0.05) is 18.2 Å². The van der Waals surface area contributed by atoms with Gasteiger partial charge in [0.15, 0.2) is 0 Å². The van der Waals surface area contributed by atoms with Crippen molar-refractivity contribution in [1.29, 1.82) is 0 Å². The van der Waals surface area contributed by atoms with Crippen molar-refractivity contribution in [3.63, 3.8) is 0 Å². The monoisotopic (exact) mass is 347 g/mol. The summed E-state index contributed by atoms with van der Waals surface area (Å²) < 4.78 is 2.02. The third-order valence-electron chi connectivity index (χ3n) is 5.04. The number of nitrogens with zero attached hydrogens (tertiary/aromatic N) is 2. The van der Waals surface area contributed by atoms with Gasteiger partial charge in [-0.05, 0) is 43.5 Å². The van der Waals surface area contributed by atoms with Crippen LogP contribution in [0.2, 0.25) is 0 Å². The van der Waals surface area contributed by atoms with Gasteiger partial charge in [0.2, 0.25) is 5.43 Å². The number of aromatic nitrogens is 2. The lowest BCUT2D eigenvalue weighted by atomic mass is 10.1. The van der Waals surface area contributed by atoms with Crippen molar-refractivity contribution in [2.24, 2.45) is 0 Å². The Kier molecular flexibility index (Phi) is 4.07. The molecule has 1 unspecified atom stereocenters. The zero-order chi connectivity index (χ0) is 18.3. The molecule has 2 aromatic heterocycles. The van der Waals surface area contributed by atoms with Crippen molar-refractivity contribution < 1.29 is 4.79 Å². The maximum Gasteiger partial charge on any atom is 0.256 e. The van der Waals surface area contributed by atoms with Gasteiger partial charge in [0.1, 0.15) is 5.56 Å². The van der Waals surface area contributed by atoms with E-state index in [4.69, 9.17) is 0 Å². The Morgan fingerprint density at radius 1 is 1.31 bits per heavy atom. The van der Waals surface area contributed by atoms with Gasteiger partial charge in [0.05, 0.1) is 5.52 Å². The lowest BCUT2D eigenvalue weighted by Crippen LogP contribution is -2.37. The fraction of sp³-hybridized carbons (Fsp3) is 0.286. The molecule has 5 heteroatoms. The summed E-state index contributed by atoms with van der Waals surface area (Å²) >= 11 is 0. The van der Waals surface area contributed by atoms with Gasteiger partial charge in [0.25, 0.3) is 5.91 Å². The predicted octanol–water partition coefficient (Wildman–Crippen LogP) is 2.62. The average Bonchev–Trinajstić information content (AvgIpc) is 3.04. The summed E-state index contributed by atoms with van der Waals surface area (Å²) in [5, 5.41) is 3.58. The standard InChI is InChI=1S/C21H21N3O2/c1-13-5-4-9-22-18(13)11-14(2)23-21(26)17-12-24-10-8-15-6-3-7-16(19(15)24)20(17)25/h3-7,9,12,14H,8,10-11H2,1-2H3,(H,23,26). The zero-order valence-corrected chi connectivity index (χ0v) is 15.0. The molecule has 0 radical (unpaired) electrons. The molecule has 0 saturated carbocycles. The van der Waals surface area contributed by atoms with E-state index in [0.29, 0.717) is 11.8 Å². The Morgan fingerprint density at radius 2 is 2.15 bits per heavy atom. The highest BCUT2D eigenvalue weighted by Crippen LogP contribution is 2.23. The number of carbonyl (C=O) groups excluding carboxylic acids is 1. The van der Waals surface area contributed by atoms with E-state index in [0.717, 1.165) is 29.7 Å². The van der Waals surface area contributed by atoms with E-state index < -0.39 is 0 Å². The molecule has 0 saturated heterocycles. The molecule has 1 amide bonds. The van der Waals surface area contributed by atoms with Crippen LogP contribution >= 0.6 is 0 Å². The molecular weight excluding hydrogens is 326 g/mol. The fourth-order valence-corrected chi connectivity index (χ4v) is 3.69. The third kappa shape index (κ3) is 2.79. The second kappa shape index (κ2) is 6.41. The predicted molar refractivity (Wildman–Crippen MR) is 102 cm³/mol. The van der Waals surface area contributed by atoms with Gasteiger partial charge >= 0.3 is 0 Å². The Balaban J connectivity index is 1.61. The smallest absolute Gasteiger partial charge is 0.256 e. The maximum atomic E-state index is 12.8. The normalized spacial score (nSPS) is 13.8. The highest BCUT2D eigenvalue weighted by Gasteiger charge is 2.21. The molecule has 0 aliphatic carbocycles. The summed E-state index contributed by atoms with van der Waals surface area (Å²) in [6.07, 6.45) is 4.99. The molecular formula is C21H21N3O2. The first-order chi connectivity index (χ1) is 12.5. The van der Waals surface area contributed by atoms with Crippen LogP contribution in [0.4, 0.5) is 0 Å². The number of carbonyl (C=O) groups is 1. The number of amides is 1. The van der Waals surface area contributed by atoms with E-state index in [1.165, 1.54) is 5.56 Å². The summed E-state index contributed by atoms with van der Waals surface area (Å²) in [7, 11) is 0. The molecule has 1 N–H and O–H groups in total. The summed E-state index contributed by atoms with van der Waals surface area (Å²) in [6.45, 7) is 4.74. The van der Waals surface area contributed by atoms with Gasteiger partial charge < -0.3 is 9.88 Å². The van der Waals surface area contributed by atoms with E-state index in [2.05, 4.69) is 10.3 Å². The van der Waals surface area contributed by atoms with E-state index >= 15 is 0 Å². The van der Waals surface area contributed by atoms with Crippen molar-refractivity contribution in [2.75, 3.05) is 0 Å². The highest BCUT2D eigenvalue weighted by atomic mass is 16.2. The summed E-state index contributed by atoms with van der Waals surface area (Å²) in [4.78, 5) is 29.9. The van der Waals surface area contributed by atoms with E-state index in [1.54, 1.807) is 18.5 Å². The molecule has 3 heterocycles. The van der Waals surface area contributed by atoms with Crippen molar-refractivity contribution in [2.45, 2.75) is 39.3 Å². The summed E-state index contributed by atoms with van der Waals surface area (Å²) in [5.74, 6) is -0.320. The second-order valence-electron chi connectivity index (χ2n) is 6.97. The van der Waals surface area contributed by atoms with Gasteiger partial charge in [0, 0.05) is 42.5 Å². The lowest BCUT2D eigenvalue weighted by Gasteiger charge is -2.15. The average molecular weight is 347 g/mol. The van der Waals surface area contributed by atoms with Crippen LogP contribution in [0.1, 0.15) is 34.1 Å². The van der Waals surface area contributed by atoms with Crippen LogP contribution in [0.3, 0.4) is 0 Å². The lowest BCUT2D eigenvalue weighted by molar-refractivity contribution is 0.0938.